The van der Waals surface area contributed by atoms with Crippen LogP contribution in [-0.4, -0.2) is 23.6 Å². The Morgan fingerprint density at radius 2 is 2.35 bits per heavy atom. The number of aromatic hydroxyl groups is 1. The molecule has 0 radical (unpaired) electrons. The molecule has 90 valence electrons. The summed E-state index contributed by atoms with van der Waals surface area (Å²) in [6.45, 7) is 0. The van der Waals surface area contributed by atoms with Crippen LogP contribution in [0.25, 0.3) is 0 Å². The highest BCUT2D eigenvalue weighted by molar-refractivity contribution is 7.98. The van der Waals surface area contributed by atoms with Gasteiger partial charge in [-0.1, -0.05) is 0 Å². The van der Waals surface area contributed by atoms with Crippen LogP contribution in [0, 0.1) is 5.92 Å². The first kappa shape index (κ1) is 12.0. The molecule has 17 heavy (non-hydrogen) atoms. The van der Waals surface area contributed by atoms with Crippen molar-refractivity contribution in [3.05, 3.63) is 18.2 Å². The molecule has 2 rings (SSSR count). The fourth-order valence-corrected chi connectivity index (χ4v) is 1.97. The zero-order chi connectivity index (χ0) is 12.3. The summed E-state index contributed by atoms with van der Waals surface area (Å²) >= 11 is 1.50. The molecule has 1 aliphatic carbocycles. The topological polar surface area (TPSA) is 61.7 Å². The Balaban J connectivity index is 2.01. The van der Waals surface area contributed by atoms with Gasteiger partial charge in [-0.05, 0) is 37.3 Å². The second kappa shape index (κ2) is 5.23. The van der Waals surface area contributed by atoms with Gasteiger partial charge in [0.15, 0.2) is 0 Å². The Labute approximate surface area is 104 Å². The van der Waals surface area contributed by atoms with Gasteiger partial charge in [0.25, 0.3) is 0 Å². The molecule has 1 amide bonds. The van der Waals surface area contributed by atoms with Gasteiger partial charge in [-0.3, -0.25) is 4.79 Å². The van der Waals surface area contributed by atoms with E-state index in [1.165, 1.54) is 18.1 Å². The molecule has 1 fully saturated rings. The number of nitrogens with one attached hydrogen (secondary N) is 1. The highest BCUT2D eigenvalue weighted by Gasteiger charge is 2.28. The Kier molecular flexibility index (Phi) is 3.68. The van der Waals surface area contributed by atoms with Gasteiger partial charge in [-0.2, -0.15) is 0 Å². The minimum atomic E-state index is 0.0400. The number of phenols is 1. The van der Waals surface area contributed by atoms with Crippen LogP contribution in [0.15, 0.2) is 28.1 Å². The smallest absolute Gasteiger partial charge is 0.228 e. The molecule has 0 aliphatic heterocycles. The van der Waals surface area contributed by atoms with E-state index in [1.807, 2.05) is 6.26 Å². The van der Waals surface area contributed by atoms with Crippen molar-refractivity contribution in [2.45, 2.75) is 17.7 Å². The molecule has 0 spiro atoms. The maximum Gasteiger partial charge on any atom is 0.228 e. The number of hydrogen-bond donors (Lipinski definition) is 2. The highest BCUT2D eigenvalue weighted by atomic mass is 32.2. The fourth-order valence-electron chi connectivity index (χ4n) is 1.40. The van der Waals surface area contributed by atoms with E-state index < -0.39 is 0 Å². The third kappa shape index (κ3) is 3.23. The maximum atomic E-state index is 11.4. The summed E-state index contributed by atoms with van der Waals surface area (Å²) in [4.78, 5) is 16.4. The van der Waals surface area contributed by atoms with Crippen LogP contribution in [0.1, 0.15) is 12.8 Å². The van der Waals surface area contributed by atoms with Gasteiger partial charge < -0.3 is 10.4 Å². The number of aliphatic imine (C=N–C) groups is 1. The van der Waals surface area contributed by atoms with Crippen molar-refractivity contribution in [2.75, 3.05) is 6.26 Å². The number of carbonyl (C=O) groups is 1. The van der Waals surface area contributed by atoms with Gasteiger partial charge in [0.1, 0.15) is 5.75 Å². The summed E-state index contributed by atoms with van der Waals surface area (Å²) in [6.07, 6.45) is 5.30. The van der Waals surface area contributed by atoms with E-state index in [4.69, 9.17) is 0 Å². The van der Waals surface area contributed by atoms with E-state index in [9.17, 15) is 9.90 Å². The lowest BCUT2D eigenvalue weighted by atomic mass is 10.3. The number of amides is 1. The minimum Gasteiger partial charge on any atom is -0.508 e. The van der Waals surface area contributed by atoms with E-state index in [2.05, 4.69) is 10.3 Å². The van der Waals surface area contributed by atoms with E-state index in [-0.39, 0.29) is 17.6 Å². The van der Waals surface area contributed by atoms with Crippen molar-refractivity contribution < 1.29 is 9.90 Å². The van der Waals surface area contributed by atoms with Crippen molar-refractivity contribution in [1.82, 2.24) is 5.32 Å². The third-order valence-corrected chi connectivity index (χ3v) is 3.29. The molecule has 4 nitrogen and oxygen atoms in total. The van der Waals surface area contributed by atoms with Gasteiger partial charge >= 0.3 is 0 Å². The van der Waals surface area contributed by atoms with Crippen LogP contribution in [0.2, 0.25) is 0 Å². The number of thioether (sulfide) groups is 1. The van der Waals surface area contributed by atoms with Crippen LogP contribution in [0.5, 0.6) is 5.75 Å². The average Bonchev–Trinajstić information content (AvgIpc) is 3.14. The molecule has 0 atom stereocenters. The normalized spacial score (nSPS) is 15.1. The van der Waals surface area contributed by atoms with Gasteiger partial charge in [-0.25, -0.2) is 4.99 Å². The van der Waals surface area contributed by atoms with Crippen molar-refractivity contribution in [3.63, 3.8) is 0 Å². The van der Waals surface area contributed by atoms with Gasteiger partial charge in [-0.15, -0.1) is 11.8 Å². The molecule has 1 aromatic carbocycles. The van der Waals surface area contributed by atoms with Crippen molar-refractivity contribution in [1.29, 1.82) is 0 Å². The largest absolute Gasteiger partial charge is 0.508 e. The zero-order valence-corrected chi connectivity index (χ0v) is 10.3. The molecule has 0 saturated heterocycles. The number of hydrogen-bond acceptors (Lipinski definition) is 4. The number of carbonyl (C=O) groups excluding carboxylic acids is 1. The predicted octanol–water partition coefficient (Wildman–Crippen LogP) is 2.30. The van der Waals surface area contributed by atoms with E-state index >= 15 is 0 Å². The van der Waals surface area contributed by atoms with Crippen molar-refractivity contribution in [2.24, 2.45) is 10.9 Å². The molecule has 0 bridgehead atoms. The van der Waals surface area contributed by atoms with E-state index in [1.54, 1.807) is 18.2 Å². The van der Waals surface area contributed by atoms with Crippen LogP contribution in [-0.2, 0) is 4.79 Å². The molecule has 1 aromatic rings. The standard InChI is InChI=1S/C12H14N2O2S/c1-17-11-6-9(15)4-5-10(11)13-7-14-12(16)8-2-3-8/h4-8,15H,2-3H2,1H3,(H,13,14,16). The Hall–Kier alpha value is -1.49. The predicted molar refractivity (Wildman–Crippen MR) is 68.9 cm³/mol. The summed E-state index contributed by atoms with van der Waals surface area (Å²) in [5.74, 6) is 0.440. The third-order valence-electron chi connectivity index (χ3n) is 2.52. The van der Waals surface area contributed by atoms with Gasteiger partial charge in [0.2, 0.25) is 5.91 Å². The average molecular weight is 250 g/mol. The SMILES string of the molecule is CSc1cc(O)ccc1N=CNC(=O)C1CC1. The first-order valence-corrected chi connectivity index (χ1v) is 6.63. The first-order chi connectivity index (χ1) is 8.20. The molecule has 0 unspecified atom stereocenters. The molecule has 2 N–H and O–H groups in total. The zero-order valence-electron chi connectivity index (χ0n) is 9.51. The van der Waals surface area contributed by atoms with Gasteiger partial charge in [0.05, 0.1) is 12.0 Å². The van der Waals surface area contributed by atoms with E-state index in [0.717, 1.165) is 23.4 Å². The van der Waals surface area contributed by atoms with Crippen LogP contribution >= 0.6 is 11.8 Å². The molecule has 0 heterocycles. The van der Waals surface area contributed by atoms with Gasteiger partial charge in [0, 0.05) is 10.8 Å². The lowest BCUT2D eigenvalue weighted by Gasteiger charge is -2.03. The number of rotatable bonds is 4. The summed E-state index contributed by atoms with van der Waals surface area (Å²) in [7, 11) is 0. The quantitative estimate of drug-likeness (QED) is 0.489. The van der Waals surface area contributed by atoms with Crippen LogP contribution in [0.4, 0.5) is 5.69 Å². The minimum absolute atomic E-state index is 0.0400. The molecule has 1 aliphatic rings. The Morgan fingerprint density at radius 1 is 1.59 bits per heavy atom. The molecule has 5 heteroatoms. The maximum absolute atomic E-state index is 11.4. The summed E-state index contributed by atoms with van der Waals surface area (Å²) < 4.78 is 0. The first-order valence-electron chi connectivity index (χ1n) is 5.40. The highest BCUT2D eigenvalue weighted by Crippen LogP contribution is 2.31. The second-order valence-corrected chi connectivity index (χ2v) is 4.75. The number of phenolic OH excluding ortho intramolecular Hbond substituents is 1. The van der Waals surface area contributed by atoms with E-state index in [0.29, 0.717) is 0 Å². The lowest BCUT2D eigenvalue weighted by molar-refractivity contribution is -0.120. The van der Waals surface area contributed by atoms with Crippen LogP contribution < -0.4 is 5.32 Å². The number of nitrogens with zero attached hydrogens (tertiary/aromatic N) is 1. The number of benzene rings is 1. The second-order valence-electron chi connectivity index (χ2n) is 3.90. The molecular formula is C12H14N2O2S. The lowest BCUT2D eigenvalue weighted by Crippen LogP contribution is -2.22. The van der Waals surface area contributed by atoms with Crippen molar-refractivity contribution in [3.8, 4) is 5.75 Å². The molecule has 1 saturated carbocycles. The summed E-state index contributed by atoms with van der Waals surface area (Å²) in [6, 6.07) is 4.95. The van der Waals surface area contributed by atoms with Crippen molar-refractivity contribution >= 4 is 29.7 Å². The Bertz CT molecular complexity index is 456. The van der Waals surface area contributed by atoms with Crippen LogP contribution in [0.3, 0.4) is 0 Å². The monoisotopic (exact) mass is 250 g/mol. The summed E-state index contributed by atoms with van der Waals surface area (Å²) in [5, 5.41) is 12.0. The molecular weight excluding hydrogens is 236 g/mol. The molecule has 0 aromatic heterocycles. The fraction of sp³-hybridized carbons (Fsp3) is 0.333. The Morgan fingerprint density at radius 3 is 3.00 bits per heavy atom. The summed E-state index contributed by atoms with van der Waals surface area (Å²) in [5.41, 5.74) is 0.742.